The molecule has 33 heavy (non-hydrogen) atoms. The topological polar surface area (TPSA) is 87.4 Å². The van der Waals surface area contributed by atoms with E-state index in [2.05, 4.69) is 15.2 Å². The molecule has 0 bridgehead atoms. The van der Waals surface area contributed by atoms with Crippen LogP contribution < -0.4 is 20.3 Å². The predicted molar refractivity (Wildman–Crippen MR) is 114 cm³/mol. The van der Waals surface area contributed by atoms with Gasteiger partial charge in [0.2, 0.25) is 5.91 Å². The van der Waals surface area contributed by atoms with E-state index < -0.39 is 29.6 Å². The average Bonchev–Trinajstić information content (AvgIpc) is 3.11. The summed E-state index contributed by atoms with van der Waals surface area (Å²) in [4.78, 5) is 25.7. The number of aromatic nitrogens is 3. The lowest BCUT2D eigenvalue weighted by Gasteiger charge is -2.21. The highest BCUT2D eigenvalue weighted by molar-refractivity contribution is 5.92. The standard InChI is InChI=1S/C22H23F3N4O4/c1-14(2)12-16(21(31)26-19-9-10-28(3)27-19)29-11-8-15(13-20(29)30)32-17-6-4-5-7-18(17)33-22(23,24)25/h4-11,13-14,16H,12H2,1-3H3,(H,26,27,31). The summed E-state index contributed by atoms with van der Waals surface area (Å²) >= 11 is 0. The number of carbonyl (C=O) groups excluding carboxylic acids is 1. The Hall–Kier alpha value is -3.76. The monoisotopic (exact) mass is 464 g/mol. The van der Waals surface area contributed by atoms with Gasteiger partial charge in [-0.15, -0.1) is 13.2 Å². The van der Waals surface area contributed by atoms with Crippen LogP contribution in [-0.2, 0) is 11.8 Å². The van der Waals surface area contributed by atoms with Gasteiger partial charge in [-0.2, -0.15) is 5.10 Å². The van der Waals surface area contributed by atoms with Gasteiger partial charge in [0, 0.05) is 31.6 Å². The Labute approximate surface area is 187 Å². The minimum atomic E-state index is -4.89. The lowest BCUT2D eigenvalue weighted by molar-refractivity contribution is -0.275. The summed E-state index contributed by atoms with van der Waals surface area (Å²) in [6.07, 6.45) is -1.48. The fraction of sp³-hybridized carbons (Fsp3) is 0.318. The predicted octanol–water partition coefficient (Wildman–Crippen LogP) is 4.50. The van der Waals surface area contributed by atoms with Crippen molar-refractivity contribution < 1.29 is 27.4 Å². The number of nitrogens with zero attached hydrogens (tertiary/aromatic N) is 3. The van der Waals surface area contributed by atoms with Crippen LogP contribution in [0.2, 0.25) is 0 Å². The normalized spacial score (nSPS) is 12.5. The second-order valence-electron chi connectivity index (χ2n) is 7.71. The van der Waals surface area contributed by atoms with Crippen LogP contribution >= 0.6 is 0 Å². The van der Waals surface area contributed by atoms with Gasteiger partial charge in [0.05, 0.1) is 0 Å². The molecule has 0 saturated heterocycles. The number of carbonyl (C=O) groups is 1. The number of para-hydroxylation sites is 2. The summed E-state index contributed by atoms with van der Waals surface area (Å²) in [6.45, 7) is 3.84. The maximum absolute atomic E-state index is 12.9. The Bertz CT molecular complexity index is 1170. The Morgan fingerprint density at radius 3 is 2.39 bits per heavy atom. The number of ether oxygens (including phenoxy) is 2. The first kappa shape index (κ1) is 23.9. The highest BCUT2D eigenvalue weighted by Gasteiger charge is 2.32. The number of anilines is 1. The summed E-state index contributed by atoms with van der Waals surface area (Å²) in [5.41, 5.74) is -0.552. The Balaban J connectivity index is 1.84. The first-order chi connectivity index (χ1) is 15.5. The van der Waals surface area contributed by atoms with Gasteiger partial charge in [-0.3, -0.25) is 14.3 Å². The Morgan fingerprint density at radius 2 is 1.82 bits per heavy atom. The molecule has 0 spiro atoms. The maximum atomic E-state index is 12.9. The number of nitrogens with one attached hydrogen (secondary N) is 1. The summed E-state index contributed by atoms with van der Waals surface area (Å²) in [5.74, 6) is -0.713. The second kappa shape index (κ2) is 9.80. The average molecular weight is 464 g/mol. The third-order valence-corrected chi connectivity index (χ3v) is 4.52. The molecular weight excluding hydrogens is 441 g/mol. The zero-order valence-electron chi connectivity index (χ0n) is 18.2. The van der Waals surface area contributed by atoms with Crippen molar-refractivity contribution in [1.82, 2.24) is 14.3 Å². The van der Waals surface area contributed by atoms with Gasteiger partial charge < -0.3 is 19.4 Å². The molecule has 1 amide bonds. The molecule has 0 aliphatic heterocycles. The van der Waals surface area contributed by atoms with Crippen LogP contribution in [0.4, 0.5) is 19.0 Å². The summed E-state index contributed by atoms with van der Waals surface area (Å²) in [7, 11) is 1.71. The summed E-state index contributed by atoms with van der Waals surface area (Å²) in [6, 6.07) is 8.53. The molecule has 1 atom stereocenters. The van der Waals surface area contributed by atoms with Crippen molar-refractivity contribution in [2.24, 2.45) is 13.0 Å². The van der Waals surface area contributed by atoms with Crippen LogP contribution in [0.1, 0.15) is 26.3 Å². The molecule has 1 aromatic carbocycles. The van der Waals surface area contributed by atoms with Crippen molar-refractivity contribution >= 4 is 11.7 Å². The molecule has 8 nitrogen and oxygen atoms in total. The van der Waals surface area contributed by atoms with Gasteiger partial charge in [0.25, 0.3) is 5.56 Å². The fourth-order valence-electron chi connectivity index (χ4n) is 3.15. The van der Waals surface area contributed by atoms with Gasteiger partial charge in [-0.25, -0.2) is 0 Å². The molecule has 2 aromatic heterocycles. The fourth-order valence-corrected chi connectivity index (χ4v) is 3.15. The van der Waals surface area contributed by atoms with Crippen LogP contribution in [0, 0.1) is 5.92 Å². The van der Waals surface area contributed by atoms with Gasteiger partial charge >= 0.3 is 6.36 Å². The van der Waals surface area contributed by atoms with E-state index in [1.807, 2.05) is 13.8 Å². The number of alkyl halides is 3. The van der Waals surface area contributed by atoms with E-state index in [-0.39, 0.29) is 17.4 Å². The number of hydrogen-bond donors (Lipinski definition) is 1. The minimum absolute atomic E-state index is 0.00269. The van der Waals surface area contributed by atoms with E-state index in [0.29, 0.717) is 12.2 Å². The molecule has 11 heteroatoms. The van der Waals surface area contributed by atoms with Crippen molar-refractivity contribution in [2.75, 3.05) is 5.32 Å². The van der Waals surface area contributed by atoms with Crippen LogP contribution in [0.3, 0.4) is 0 Å². The molecule has 2 heterocycles. The van der Waals surface area contributed by atoms with Crippen LogP contribution in [-0.4, -0.2) is 26.6 Å². The van der Waals surface area contributed by atoms with Crippen molar-refractivity contribution in [3.8, 4) is 17.2 Å². The zero-order valence-corrected chi connectivity index (χ0v) is 18.2. The van der Waals surface area contributed by atoms with Gasteiger partial charge in [-0.05, 0) is 30.5 Å². The molecule has 0 aliphatic carbocycles. The molecule has 0 radical (unpaired) electrons. The largest absolute Gasteiger partial charge is 0.573 e. The van der Waals surface area contributed by atoms with Gasteiger partial charge in [0.15, 0.2) is 17.3 Å². The molecule has 0 saturated carbocycles. The van der Waals surface area contributed by atoms with Crippen molar-refractivity contribution in [1.29, 1.82) is 0 Å². The van der Waals surface area contributed by atoms with Gasteiger partial charge in [0.1, 0.15) is 11.8 Å². The molecule has 0 fully saturated rings. The quantitative estimate of drug-likeness (QED) is 0.531. The van der Waals surface area contributed by atoms with Crippen molar-refractivity contribution in [2.45, 2.75) is 32.7 Å². The van der Waals surface area contributed by atoms with Crippen LogP contribution in [0.5, 0.6) is 17.2 Å². The molecule has 0 aliphatic rings. The number of aryl methyl sites for hydroxylation is 1. The first-order valence-corrected chi connectivity index (χ1v) is 10.1. The molecule has 176 valence electrons. The second-order valence-corrected chi connectivity index (χ2v) is 7.71. The van der Waals surface area contributed by atoms with E-state index in [9.17, 15) is 22.8 Å². The molecule has 3 rings (SSSR count). The number of hydrogen-bond acceptors (Lipinski definition) is 5. The molecule has 1 unspecified atom stereocenters. The first-order valence-electron chi connectivity index (χ1n) is 10.1. The van der Waals surface area contributed by atoms with Crippen molar-refractivity contribution in [3.05, 3.63) is 65.2 Å². The number of pyridine rings is 1. The van der Waals surface area contributed by atoms with E-state index >= 15 is 0 Å². The third-order valence-electron chi connectivity index (χ3n) is 4.52. The van der Waals surface area contributed by atoms with Crippen molar-refractivity contribution in [3.63, 3.8) is 0 Å². The highest BCUT2D eigenvalue weighted by atomic mass is 19.4. The van der Waals surface area contributed by atoms with E-state index in [0.717, 1.165) is 12.1 Å². The lowest BCUT2D eigenvalue weighted by atomic mass is 10.0. The Morgan fingerprint density at radius 1 is 1.12 bits per heavy atom. The number of amides is 1. The third kappa shape index (κ3) is 6.61. The van der Waals surface area contributed by atoms with E-state index in [1.165, 1.54) is 39.7 Å². The summed E-state index contributed by atoms with van der Waals surface area (Å²) < 4.78 is 50.1. The highest BCUT2D eigenvalue weighted by Crippen LogP contribution is 2.34. The zero-order chi connectivity index (χ0) is 24.2. The molecular formula is C22H23F3N4O4. The number of rotatable bonds is 8. The maximum Gasteiger partial charge on any atom is 0.573 e. The van der Waals surface area contributed by atoms with Gasteiger partial charge in [-0.1, -0.05) is 26.0 Å². The van der Waals surface area contributed by atoms with E-state index in [1.54, 1.807) is 19.3 Å². The lowest BCUT2D eigenvalue weighted by Crippen LogP contribution is -2.33. The van der Waals surface area contributed by atoms with Crippen LogP contribution in [0.15, 0.2) is 59.7 Å². The molecule has 1 N–H and O–H groups in total. The van der Waals surface area contributed by atoms with E-state index in [4.69, 9.17) is 4.74 Å². The minimum Gasteiger partial charge on any atom is -0.453 e. The summed E-state index contributed by atoms with van der Waals surface area (Å²) in [5, 5.41) is 6.80. The number of benzene rings is 1. The smallest absolute Gasteiger partial charge is 0.453 e. The van der Waals surface area contributed by atoms with Crippen LogP contribution in [0.25, 0.3) is 0 Å². The molecule has 3 aromatic rings. The SMILES string of the molecule is CC(C)CC(C(=O)Nc1ccn(C)n1)n1ccc(Oc2ccccc2OC(F)(F)F)cc1=O. The Kier molecular flexibility index (Phi) is 7.10. The number of halogens is 3.